The van der Waals surface area contributed by atoms with Crippen LogP contribution in [0.2, 0.25) is 0 Å². The molecule has 4 heteroatoms. The van der Waals surface area contributed by atoms with E-state index in [1.807, 2.05) is 30.3 Å². The summed E-state index contributed by atoms with van der Waals surface area (Å²) in [6.45, 7) is 0. The van der Waals surface area contributed by atoms with Crippen LogP contribution in [0.15, 0.2) is 48.5 Å². The largest absolute Gasteiger partial charge is 0.508 e. The molecule has 0 spiro atoms. The minimum Gasteiger partial charge on any atom is -0.508 e. The van der Waals surface area contributed by atoms with Gasteiger partial charge in [0.05, 0.1) is 4.92 Å². The molecular weight excluding hydrogens is 230 g/mol. The van der Waals surface area contributed by atoms with Gasteiger partial charge in [-0.2, -0.15) is 0 Å². The molecule has 1 N–H and O–H groups in total. The van der Waals surface area contributed by atoms with E-state index in [-0.39, 0.29) is 11.4 Å². The average molecular weight is 243 g/mol. The number of rotatable bonds is 4. The molecule has 0 saturated carbocycles. The summed E-state index contributed by atoms with van der Waals surface area (Å²) in [6.07, 6.45) is 1.33. The Bertz CT molecular complexity index is 552. The van der Waals surface area contributed by atoms with Gasteiger partial charge in [0.2, 0.25) is 0 Å². The first-order valence-electron chi connectivity index (χ1n) is 5.67. The van der Waals surface area contributed by atoms with Crippen LogP contribution in [-0.4, -0.2) is 10.0 Å². The quantitative estimate of drug-likeness (QED) is 0.663. The normalized spacial score (nSPS) is 10.2. The highest BCUT2D eigenvalue weighted by Crippen LogP contribution is 2.24. The SMILES string of the molecule is O=[N+]([O-])c1ccc(O)c(CCc2ccccc2)c1. The van der Waals surface area contributed by atoms with E-state index in [0.29, 0.717) is 12.0 Å². The molecule has 0 radical (unpaired) electrons. The Kier molecular flexibility index (Phi) is 3.57. The zero-order valence-corrected chi connectivity index (χ0v) is 9.74. The fraction of sp³-hybridized carbons (Fsp3) is 0.143. The number of benzene rings is 2. The number of hydrogen-bond acceptors (Lipinski definition) is 3. The number of phenolic OH excluding ortho intramolecular Hbond substituents is 1. The van der Waals surface area contributed by atoms with Gasteiger partial charge >= 0.3 is 0 Å². The van der Waals surface area contributed by atoms with Crippen LogP contribution in [0.3, 0.4) is 0 Å². The minimum absolute atomic E-state index is 0.0101. The summed E-state index contributed by atoms with van der Waals surface area (Å²) >= 11 is 0. The van der Waals surface area contributed by atoms with E-state index in [2.05, 4.69) is 0 Å². The maximum Gasteiger partial charge on any atom is 0.269 e. The Hall–Kier alpha value is -2.36. The summed E-state index contributed by atoms with van der Waals surface area (Å²) in [6, 6.07) is 13.9. The van der Waals surface area contributed by atoms with Crippen molar-refractivity contribution in [3.63, 3.8) is 0 Å². The molecule has 0 aliphatic heterocycles. The average Bonchev–Trinajstić information content (AvgIpc) is 2.38. The van der Waals surface area contributed by atoms with Crippen molar-refractivity contribution in [3.05, 3.63) is 69.8 Å². The third-order valence-corrected chi connectivity index (χ3v) is 2.80. The van der Waals surface area contributed by atoms with Crippen LogP contribution >= 0.6 is 0 Å². The Morgan fingerprint density at radius 1 is 1.06 bits per heavy atom. The molecule has 92 valence electrons. The summed E-state index contributed by atoms with van der Waals surface area (Å²) in [4.78, 5) is 10.2. The molecular formula is C14H13NO3. The highest BCUT2D eigenvalue weighted by molar-refractivity contribution is 5.43. The Balaban J connectivity index is 2.14. The first-order valence-corrected chi connectivity index (χ1v) is 5.67. The number of phenols is 1. The number of aryl methyl sites for hydroxylation is 2. The van der Waals surface area contributed by atoms with Crippen LogP contribution < -0.4 is 0 Å². The standard InChI is InChI=1S/C14H13NO3/c16-14-9-8-13(15(17)18)10-12(14)7-6-11-4-2-1-3-5-11/h1-5,8-10,16H,6-7H2. The van der Waals surface area contributed by atoms with Gasteiger partial charge in [0.25, 0.3) is 5.69 Å². The van der Waals surface area contributed by atoms with Crippen LogP contribution in [0.4, 0.5) is 5.69 Å². The number of nitrogens with zero attached hydrogens (tertiary/aromatic N) is 1. The third kappa shape index (κ3) is 2.85. The van der Waals surface area contributed by atoms with Gasteiger partial charge in [-0.25, -0.2) is 0 Å². The Labute approximate surface area is 105 Å². The molecule has 0 saturated heterocycles. The number of nitro groups is 1. The van der Waals surface area contributed by atoms with Crippen molar-refractivity contribution in [1.29, 1.82) is 0 Å². The van der Waals surface area contributed by atoms with Crippen molar-refractivity contribution in [1.82, 2.24) is 0 Å². The van der Waals surface area contributed by atoms with Crippen molar-refractivity contribution < 1.29 is 10.0 Å². The van der Waals surface area contributed by atoms with Gasteiger partial charge in [0.15, 0.2) is 0 Å². The van der Waals surface area contributed by atoms with Gasteiger partial charge in [-0.1, -0.05) is 30.3 Å². The Morgan fingerprint density at radius 3 is 2.44 bits per heavy atom. The maximum absolute atomic E-state index is 10.7. The van der Waals surface area contributed by atoms with Gasteiger partial charge < -0.3 is 5.11 Å². The second kappa shape index (κ2) is 5.31. The lowest BCUT2D eigenvalue weighted by Crippen LogP contribution is -1.94. The summed E-state index contributed by atoms with van der Waals surface area (Å²) in [7, 11) is 0. The van der Waals surface area contributed by atoms with Crippen LogP contribution in [-0.2, 0) is 12.8 Å². The predicted octanol–water partition coefficient (Wildman–Crippen LogP) is 3.09. The maximum atomic E-state index is 10.7. The van der Waals surface area contributed by atoms with E-state index >= 15 is 0 Å². The van der Waals surface area contributed by atoms with Gasteiger partial charge in [-0.3, -0.25) is 10.1 Å². The van der Waals surface area contributed by atoms with Gasteiger partial charge in [0, 0.05) is 17.7 Å². The molecule has 0 unspecified atom stereocenters. The molecule has 2 aromatic rings. The highest BCUT2D eigenvalue weighted by atomic mass is 16.6. The highest BCUT2D eigenvalue weighted by Gasteiger charge is 2.10. The predicted molar refractivity (Wildman–Crippen MR) is 68.6 cm³/mol. The molecule has 0 atom stereocenters. The van der Waals surface area contributed by atoms with Crippen LogP contribution in [0, 0.1) is 10.1 Å². The molecule has 18 heavy (non-hydrogen) atoms. The lowest BCUT2D eigenvalue weighted by atomic mass is 10.0. The molecule has 0 bridgehead atoms. The zero-order chi connectivity index (χ0) is 13.0. The van der Waals surface area contributed by atoms with Gasteiger partial charge in [-0.05, 0) is 24.5 Å². The van der Waals surface area contributed by atoms with Crippen LogP contribution in [0.5, 0.6) is 5.75 Å². The van der Waals surface area contributed by atoms with E-state index in [4.69, 9.17) is 0 Å². The second-order valence-corrected chi connectivity index (χ2v) is 4.06. The molecule has 0 aliphatic rings. The fourth-order valence-electron chi connectivity index (χ4n) is 1.81. The zero-order valence-electron chi connectivity index (χ0n) is 9.74. The molecule has 0 aliphatic carbocycles. The first kappa shape index (κ1) is 12.1. The van der Waals surface area contributed by atoms with E-state index in [1.165, 1.54) is 18.2 Å². The van der Waals surface area contributed by atoms with Gasteiger partial charge in [-0.15, -0.1) is 0 Å². The molecule has 2 aromatic carbocycles. The van der Waals surface area contributed by atoms with Crippen molar-refractivity contribution in [2.45, 2.75) is 12.8 Å². The number of aromatic hydroxyl groups is 1. The fourth-order valence-corrected chi connectivity index (χ4v) is 1.81. The third-order valence-electron chi connectivity index (χ3n) is 2.80. The minimum atomic E-state index is -0.453. The lowest BCUT2D eigenvalue weighted by molar-refractivity contribution is -0.384. The molecule has 0 heterocycles. The van der Waals surface area contributed by atoms with Crippen LogP contribution in [0.1, 0.15) is 11.1 Å². The summed E-state index contributed by atoms with van der Waals surface area (Å²) in [5.41, 5.74) is 1.76. The number of hydrogen-bond donors (Lipinski definition) is 1. The van der Waals surface area contributed by atoms with Crippen molar-refractivity contribution in [2.24, 2.45) is 0 Å². The smallest absolute Gasteiger partial charge is 0.269 e. The summed E-state index contributed by atoms with van der Waals surface area (Å²) < 4.78 is 0. The number of nitro benzene ring substituents is 1. The Morgan fingerprint density at radius 2 is 1.78 bits per heavy atom. The lowest BCUT2D eigenvalue weighted by Gasteiger charge is -2.04. The molecule has 0 fully saturated rings. The monoisotopic (exact) mass is 243 g/mol. The van der Waals surface area contributed by atoms with Gasteiger partial charge in [0.1, 0.15) is 5.75 Å². The van der Waals surface area contributed by atoms with Crippen molar-refractivity contribution in [3.8, 4) is 5.75 Å². The molecule has 2 rings (SSSR count). The summed E-state index contributed by atoms with van der Waals surface area (Å²) in [5, 5.41) is 20.3. The van der Waals surface area contributed by atoms with Crippen molar-refractivity contribution >= 4 is 5.69 Å². The van der Waals surface area contributed by atoms with E-state index in [1.54, 1.807) is 0 Å². The van der Waals surface area contributed by atoms with E-state index in [9.17, 15) is 15.2 Å². The van der Waals surface area contributed by atoms with Crippen molar-refractivity contribution in [2.75, 3.05) is 0 Å². The first-order chi connectivity index (χ1) is 8.66. The number of non-ortho nitro benzene ring substituents is 1. The molecule has 0 amide bonds. The topological polar surface area (TPSA) is 63.4 Å². The van der Waals surface area contributed by atoms with E-state index in [0.717, 1.165) is 12.0 Å². The second-order valence-electron chi connectivity index (χ2n) is 4.06. The molecule has 0 aromatic heterocycles. The van der Waals surface area contributed by atoms with E-state index < -0.39 is 4.92 Å². The van der Waals surface area contributed by atoms with Crippen LogP contribution in [0.25, 0.3) is 0 Å². The molecule has 4 nitrogen and oxygen atoms in total. The summed E-state index contributed by atoms with van der Waals surface area (Å²) in [5.74, 6) is 0.108.